The van der Waals surface area contributed by atoms with Crippen molar-refractivity contribution in [3.63, 3.8) is 0 Å². The van der Waals surface area contributed by atoms with Crippen molar-refractivity contribution >= 4 is 18.4 Å². The van der Waals surface area contributed by atoms with E-state index in [0.717, 1.165) is 49.9 Å². The van der Waals surface area contributed by atoms with Gasteiger partial charge in [-0.2, -0.15) is 0 Å². The number of carbonyl (C=O) groups is 1. The number of benzene rings is 1. The average molecular weight is 342 g/mol. The van der Waals surface area contributed by atoms with E-state index in [2.05, 4.69) is 18.7 Å². The second-order valence-corrected chi connectivity index (χ2v) is 6.14. The van der Waals surface area contributed by atoms with Gasteiger partial charge < -0.3 is 9.84 Å². The molecule has 2 rings (SSSR count). The third kappa shape index (κ3) is 3.99. The molecule has 1 N–H and O–H groups in total. The highest BCUT2D eigenvalue weighted by Gasteiger charge is 2.46. The van der Waals surface area contributed by atoms with Crippen LogP contribution in [0.25, 0.3) is 0 Å². The van der Waals surface area contributed by atoms with Crippen LogP contribution in [0.2, 0.25) is 0 Å². The van der Waals surface area contributed by atoms with Gasteiger partial charge in [0.05, 0.1) is 7.11 Å². The van der Waals surface area contributed by atoms with Crippen LogP contribution in [0.1, 0.15) is 44.2 Å². The zero-order valence-corrected chi connectivity index (χ0v) is 15.1. The van der Waals surface area contributed by atoms with Crippen molar-refractivity contribution in [2.75, 3.05) is 20.2 Å². The molecule has 0 radical (unpaired) electrons. The van der Waals surface area contributed by atoms with Crippen LogP contribution >= 0.6 is 12.4 Å². The molecule has 1 aromatic carbocycles. The van der Waals surface area contributed by atoms with Crippen LogP contribution in [-0.4, -0.2) is 41.7 Å². The van der Waals surface area contributed by atoms with Crippen molar-refractivity contribution in [1.82, 2.24) is 4.90 Å². The summed E-state index contributed by atoms with van der Waals surface area (Å²) in [6.07, 6.45) is 4.23. The summed E-state index contributed by atoms with van der Waals surface area (Å²) in [4.78, 5) is 14.9. The standard InChI is InChI=1S/C18H27NO3.ClH/c1-4-10-19(11-5-2)18(17(21)22-3)9-8-14-12-16(20)7-6-15(14)13-18;/h6-7,12,20H,4-5,8-11,13H2,1-3H3;1H. The number of hydrogen-bond acceptors (Lipinski definition) is 4. The summed E-state index contributed by atoms with van der Waals surface area (Å²) in [5.74, 6) is 0.163. The molecule has 5 heteroatoms. The molecular formula is C18H28ClNO3. The van der Waals surface area contributed by atoms with E-state index in [-0.39, 0.29) is 18.4 Å². The minimum atomic E-state index is -0.565. The number of methoxy groups -OCH3 is 1. The number of esters is 1. The van der Waals surface area contributed by atoms with Crippen LogP contribution in [0, 0.1) is 0 Å². The Labute approximate surface area is 145 Å². The van der Waals surface area contributed by atoms with E-state index in [1.54, 1.807) is 6.07 Å². The first-order valence-electron chi connectivity index (χ1n) is 8.21. The Kier molecular flexibility index (Phi) is 7.36. The minimum Gasteiger partial charge on any atom is -0.508 e. The van der Waals surface area contributed by atoms with Gasteiger partial charge in [0.25, 0.3) is 0 Å². The Balaban J connectivity index is 0.00000264. The Morgan fingerprint density at radius 1 is 1.26 bits per heavy atom. The van der Waals surface area contributed by atoms with E-state index < -0.39 is 5.54 Å². The van der Waals surface area contributed by atoms with Crippen LogP contribution in [0.3, 0.4) is 0 Å². The van der Waals surface area contributed by atoms with Gasteiger partial charge in [0.15, 0.2) is 0 Å². The molecule has 1 aromatic rings. The third-order valence-electron chi connectivity index (χ3n) is 4.64. The number of nitrogens with zero attached hydrogens (tertiary/aromatic N) is 1. The van der Waals surface area contributed by atoms with E-state index in [4.69, 9.17) is 4.74 Å². The number of phenolic OH excluding ortho intramolecular Hbond substituents is 1. The molecule has 23 heavy (non-hydrogen) atoms. The molecule has 1 aliphatic carbocycles. The summed E-state index contributed by atoms with van der Waals surface area (Å²) < 4.78 is 5.18. The fourth-order valence-electron chi connectivity index (χ4n) is 3.61. The molecule has 0 spiro atoms. The molecule has 4 nitrogen and oxygen atoms in total. The second kappa shape index (κ2) is 8.55. The Morgan fingerprint density at radius 3 is 2.48 bits per heavy atom. The fourth-order valence-corrected chi connectivity index (χ4v) is 3.61. The summed E-state index contributed by atoms with van der Waals surface area (Å²) in [6, 6.07) is 5.47. The highest BCUT2D eigenvalue weighted by atomic mass is 35.5. The van der Waals surface area contributed by atoms with Gasteiger partial charge in [-0.1, -0.05) is 19.9 Å². The van der Waals surface area contributed by atoms with Crippen LogP contribution < -0.4 is 0 Å². The van der Waals surface area contributed by atoms with Crippen LogP contribution in [0.4, 0.5) is 0 Å². The molecule has 1 atom stereocenters. The second-order valence-electron chi connectivity index (χ2n) is 6.14. The average Bonchev–Trinajstić information content (AvgIpc) is 2.53. The molecule has 0 amide bonds. The highest BCUT2D eigenvalue weighted by molar-refractivity contribution is 5.85. The molecule has 0 saturated heterocycles. The Bertz CT molecular complexity index is 529. The minimum absolute atomic E-state index is 0. The molecule has 0 heterocycles. The molecule has 1 aliphatic rings. The lowest BCUT2D eigenvalue weighted by molar-refractivity contribution is -0.156. The van der Waals surface area contributed by atoms with Crippen molar-refractivity contribution in [2.24, 2.45) is 0 Å². The lowest BCUT2D eigenvalue weighted by Gasteiger charge is -2.44. The highest BCUT2D eigenvalue weighted by Crippen LogP contribution is 2.36. The first-order chi connectivity index (χ1) is 10.6. The maximum atomic E-state index is 12.6. The van der Waals surface area contributed by atoms with E-state index in [0.29, 0.717) is 12.2 Å². The number of aromatic hydroxyl groups is 1. The van der Waals surface area contributed by atoms with Crippen molar-refractivity contribution in [3.05, 3.63) is 29.3 Å². The number of aryl methyl sites for hydroxylation is 1. The van der Waals surface area contributed by atoms with E-state index in [9.17, 15) is 9.90 Å². The molecule has 130 valence electrons. The number of fused-ring (bicyclic) bond motifs is 1. The largest absolute Gasteiger partial charge is 0.508 e. The van der Waals surface area contributed by atoms with Crippen LogP contribution in [0.5, 0.6) is 5.75 Å². The predicted octanol–water partition coefficient (Wildman–Crippen LogP) is 3.34. The first kappa shape index (κ1) is 19.8. The third-order valence-corrected chi connectivity index (χ3v) is 4.64. The van der Waals surface area contributed by atoms with Gasteiger partial charge in [-0.25, -0.2) is 0 Å². The summed E-state index contributed by atoms with van der Waals surface area (Å²) in [6.45, 7) is 6.08. The van der Waals surface area contributed by atoms with E-state index in [1.165, 1.54) is 7.11 Å². The number of halogens is 1. The van der Waals surface area contributed by atoms with Gasteiger partial charge in [-0.3, -0.25) is 9.69 Å². The van der Waals surface area contributed by atoms with E-state index >= 15 is 0 Å². The summed E-state index contributed by atoms with van der Waals surface area (Å²) in [7, 11) is 1.48. The van der Waals surface area contributed by atoms with Gasteiger partial charge in [0, 0.05) is 6.42 Å². The van der Waals surface area contributed by atoms with E-state index in [1.807, 2.05) is 12.1 Å². The number of rotatable bonds is 6. The molecule has 0 saturated carbocycles. The number of ether oxygens (including phenoxy) is 1. The number of phenols is 1. The van der Waals surface area contributed by atoms with Gasteiger partial charge in [0.1, 0.15) is 11.3 Å². The summed E-state index contributed by atoms with van der Waals surface area (Å²) in [5, 5.41) is 9.65. The van der Waals surface area contributed by atoms with Crippen molar-refractivity contribution in [3.8, 4) is 5.75 Å². The van der Waals surface area contributed by atoms with Crippen LogP contribution in [0.15, 0.2) is 18.2 Å². The molecular weight excluding hydrogens is 314 g/mol. The summed E-state index contributed by atoms with van der Waals surface area (Å²) >= 11 is 0. The predicted molar refractivity (Wildman–Crippen MR) is 94.3 cm³/mol. The lowest BCUT2D eigenvalue weighted by Crippen LogP contribution is -2.58. The normalized spacial score (nSPS) is 19.8. The topological polar surface area (TPSA) is 49.8 Å². The van der Waals surface area contributed by atoms with Crippen molar-refractivity contribution in [2.45, 2.75) is 51.5 Å². The first-order valence-corrected chi connectivity index (χ1v) is 8.21. The van der Waals surface area contributed by atoms with Gasteiger partial charge in [-0.15, -0.1) is 12.4 Å². The molecule has 1 unspecified atom stereocenters. The maximum absolute atomic E-state index is 12.6. The molecule has 0 bridgehead atoms. The Morgan fingerprint density at radius 2 is 1.91 bits per heavy atom. The number of carbonyl (C=O) groups excluding carboxylic acids is 1. The maximum Gasteiger partial charge on any atom is 0.326 e. The molecule has 0 aliphatic heterocycles. The lowest BCUT2D eigenvalue weighted by atomic mass is 9.76. The van der Waals surface area contributed by atoms with Crippen molar-refractivity contribution in [1.29, 1.82) is 0 Å². The fraction of sp³-hybridized carbons (Fsp3) is 0.611. The van der Waals surface area contributed by atoms with Gasteiger partial charge in [0.2, 0.25) is 0 Å². The smallest absolute Gasteiger partial charge is 0.326 e. The van der Waals surface area contributed by atoms with Gasteiger partial charge >= 0.3 is 5.97 Å². The van der Waals surface area contributed by atoms with Gasteiger partial charge in [-0.05, 0) is 62.0 Å². The Hall–Kier alpha value is -1.26. The zero-order chi connectivity index (χ0) is 16.2. The monoisotopic (exact) mass is 341 g/mol. The SMILES string of the molecule is CCCN(CCC)C1(C(=O)OC)CCc2cc(O)ccc2C1.Cl. The zero-order valence-electron chi connectivity index (χ0n) is 14.3. The molecule has 0 aromatic heterocycles. The summed E-state index contributed by atoms with van der Waals surface area (Å²) in [5.41, 5.74) is 1.73. The molecule has 0 fully saturated rings. The quantitative estimate of drug-likeness (QED) is 0.806. The van der Waals surface area contributed by atoms with Crippen molar-refractivity contribution < 1.29 is 14.6 Å². The van der Waals surface area contributed by atoms with Crippen LogP contribution in [-0.2, 0) is 22.4 Å². The number of hydrogen-bond donors (Lipinski definition) is 1.